The third-order valence-corrected chi connectivity index (χ3v) is 4.12. The Morgan fingerprint density at radius 3 is 2.93 bits per heavy atom. The Hall–Kier alpha value is -0.570. The molecule has 2 nitrogen and oxygen atoms in total. The maximum absolute atomic E-state index is 4.34. The molecule has 0 bridgehead atoms. The van der Waals surface area contributed by atoms with Gasteiger partial charge in [0.15, 0.2) is 0 Å². The number of halogens is 1. The van der Waals surface area contributed by atoms with Crippen molar-refractivity contribution in [2.45, 2.75) is 32.6 Å². The number of aromatic nitrogens is 1. The molecule has 0 spiro atoms. The van der Waals surface area contributed by atoms with Gasteiger partial charge < -0.3 is 5.32 Å². The van der Waals surface area contributed by atoms with Crippen LogP contribution in [0.1, 0.15) is 31.2 Å². The van der Waals surface area contributed by atoms with Crippen LogP contribution in [0.15, 0.2) is 16.7 Å². The minimum atomic E-state index is 0.846. The fourth-order valence-electron chi connectivity index (χ4n) is 2.12. The molecule has 0 radical (unpaired) electrons. The first-order chi connectivity index (χ1) is 7.27. The van der Waals surface area contributed by atoms with E-state index in [4.69, 9.17) is 0 Å². The van der Waals surface area contributed by atoms with Gasteiger partial charge in [0.25, 0.3) is 0 Å². The predicted molar refractivity (Wildman–Crippen MR) is 67.1 cm³/mol. The number of hydrogen-bond acceptors (Lipinski definition) is 2. The van der Waals surface area contributed by atoms with E-state index in [0.29, 0.717) is 0 Å². The van der Waals surface area contributed by atoms with Crippen LogP contribution in [0, 0.1) is 12.8 Å². The average molecular weight is 269 g/mol. The second-order valence-electron chi connectivity index (χ2n) is 4.32. The van der Waals surface area contributed by atoms with Crippen molar-refractivity contribution in [2.24, 2.45) is 5.92 Å². The summed E-state index contributed by atoms with van der Waals surface area (Å²) >= 11 is 3.56. The summed E-state index contributed by atoms with van der Waals surface area (Å²) in [5.74, 6) is 1.83. The van der Waals surface area contributed by atoms with E-state index < -0.39 is 0 Å². The average Bonchev–Trinajstić information content (AvgIpc) is 2.73. The molecule has 1 aliphatic carbocycles. The minimum absolute atomic E-state index is 0.846. The fourth-order valence-corrected chi connectivity index (χ4v) is 2.49. The first-order valence-electron chi connectivity index (χ1n) is 5.62. The predicted octanol–water partition coefficient (Wildman–Crippen LogP) is 3.75. The molecule has 1 heterocycles. The van der Waals surface area contributed by atoms with Gasteiger partial charge >= 0.3 is 0 Å². The van der Waals surface area contributed by atoms with Crippen molar-refractivity contribution in [2.75, 3.05) is 11.9 Å². The van der Waals surface area contributed by atoms with Crippen LogP contribution < -0.4 is 5.32 Å². The summed E-state index contributed by atoms with van der Waals surface area (Å²) in [6.07, 6.45) is 7.40. The molecular weight excluding hydrogens is 252 g/mol. The molecule has 1 saturated carbocycles. The van der Waals surface area contributed by atoms with Crippen LogP contribution in [0.4, 0.5) is 5.82 Å². The Morgan fingerprint density at radius 1 is 1.47 bits per heavy atom. The van der Waals surface area contributed by atoms with Crippen molar-refractivity contribution >= 4 is 21.7 Å². The highest BCUT2D eigenvalue weighted by Crippen LogP contribution is 2.27. The summed E-state index contributed by atoms with van der Waals surface area (Å²) in [5, 5.41) is 3.44. The van der Waals surface area contributed by atoms with Crippen LogP contribution in [-0.4, -0.2) is 11.5 Å². The van der Waals surface area contributed by atoms with Crippen molar-refractivity contribution < 1.29 is 0 Å². The smallest absolute Gasteiger partial charge is 0.140 e. The summed E-state index contributed by atoms with van der Waals surface area (Å²) in [7, 11) is 0. The molecule has 15 heavy (non-hydrogen) atoms. The monoisotopic (exact) mass is 268 g/mol. The number of aryl methyl sites for hydroxylation is 1. The molecule has 1 fully saturated rings. The molecule has 1 aliphatic rings. The molecule has 1 N–H and O–H groups in total. The first kappa shape index (κ1) is 10.9. The second-order valence-corrected chi connectivity index (χ2v) is 5.11. The summed E-state index contributed by atoms with van der Waals surface area (Å²) in [6.45, 7) is 3.15. The lowest BCUT2D eigenvalue weighted by molar-refractivity contribution is 0.578. The molecule has 0 saturated heterocycles. The minimum Gasteiger partial charge on any atom is -0.369 e. The van der Waals surface area contributed by atoms with Crippen LogP contribution in [-0.2, 0) is 0 Å². The van der Waals surface area contributed by atoms with Crippen LogP contribution >= 0.6 is 15.9 Å². The topological polar surface area (TPSA) is 24.9 Å². The molecule has 0 unspecified atom stereocenters. The van der Waals surface area contributed by atoms with E-state index in [0.717, 1.165) is 22.8 Å². The number of nitrogens with one attached hydrogen (secondary N) is 1. The quantitative estimate of drug-likeness (QED) is 0.903. The van der Waals surface area contributed by atoms with Gasteiger partial charge in [0, 0.05) is 12.7 Å². The van der Waals surface area contributed by atoms with Crippen molar-refractivity contribution in [1.29, 1.82) is 0 Å². The van der Waals surface area contributed by atoms with Gasteiger partial charge in [0.1, 0.15) is 5.82 Å². The number of pyridine rings is 1. The molecule has 1 aromatic rings. The van der Waals surface area contributed by atoms with E-state index in [1.165, 1.54) is 31.2 Å². The number of anilines is 1. The zero-order chi connectivity index (χ0) is 10.7. The van der Waals surface area contributed by atoms with Gasteiger partial charge in [-0.3, -0.25) is 0 Å². The Bertz CT molecular complexity index is 332. The van der Waals surface area contributed by atoms with Gasteiger partial charge in [0.2, 0.25) is 0 Å². The van der Waals surface area contributed by atoms with E-state index in [9.17, 15) is 0 Å². The highest BCUT2D eigenvalue weighted by molar-refractivity contribution is 9.10. The molecule has 82 valence electrons. The highest BCUT2D eigenvalue weighted by atomic mass is 79.9. The lowest BCUT2D eigenvalue weighted by Crippen LogP contribution is -2.12. The van der Waals surface area contributed by atoms with Gasteiger partial charge in [-0.25, -0.2) is 4.98 Å². The van der Waals surface area contributed by atoms with E-state index in [1.807, 2.05) is 12.3 Å². The summed E-state index contributed by atoms with van der Waals surface area (Å²) < 4.78 is 1.10. The van der Waals surface area contributed by atoms with Crippen molar-refractivity contribution in [3.8, 4) is 0 Å². The molecule has 1 aromatic heterocycles. The van der Waals surface area contributed by atoms with E-state index in [2.05, 4.69) is 33.2 Å². The lowest BCUT2D eigenvalue weighted by Gasteiger charge is -2.12. The SMILES string of the molecule is Cc1ccnc(NCC2CCCC2)c1Br. The summed E-state index contributed by atoms with van der Waals surface area (Å²) in [5.41, 5.74) is 1.24. The van der Waals surface area contributed by atoms with E-state index in [-0.39, 0.29) is 0 Å². The van der Waals surface area contributed by atoms with Crippen LogP contribution in [0.5, 0.6) is 0 Å². The highest BCUT2D eigenvalue weighted by Gasteiger charge is 2.15. The molecule has 0 amide bonds. The zero-order valence-corrected chi connectivity index (χ0v) is 10.7. The Labute approximate surface area is 99.6 Å². The van der Waals surface area contributed by atoms with Crippen molar-refractivity contribution in [3.63, 3.8) is 0 Å². The van der Waals surface area contributed by atoms with Gasteiger partial charge in [-0.05, 0) is 53.2 Å². The molecule has 0 aliphatic heterocycles. The molecule has 2 rings (SSSR count). The molecule has 0 atom stereocenters. The Kier molecular flexibility index (Phi) is 3.62. The third kappa shape index (κ3) is 2.71. The number of nitrogens with zero attached hydrogens (tertiary/aromatic N) is 1. The molecule has 0 aromatic carbocycles. The number of hydrogen-bond donors (Lipinski definition) is 1. The summed E-state index contributed by atoms with van der Waals surface area (Å²) in [6, 6.07) is 2.02. The second kappa shape index (κ2) is 4.97. The van der Waals surface area contributed by atoms with Crippen LogP contribution in [0.3, 0.4) is 0 Å². The van der Waals surface area contributed by atoms with Crippen LogP contribution in [0.2, 0.25) is 0 Å². The van der Waals surface area contributed by atoms with Gasteiger partial charge in [0.05, 0.1) is 4.47 Å². The third-order valence-electron chi connectivity index (χ3n) is 3.12. The van der Waals surface area contributed by atoms with Crippen molar-refractivity contribution in [1.82, 2.24) is 4.98 Å². The molecular formula is C12H17BrN2. The maximum Gasteiger partial charge on any atom is 0.140 e. The first-order valence-corrected chi connectivity index (χ1v) is 6.41. The fraction of sp³-hybridized carbons (Fsp3) is 0.583. The summed E-state index contributed by atoms with van der Waals surface area (Å²) in [4.78, 5) is 4.34. The van der Waals surface area contributed by atoms with Gasteiger partial charge in [-0.2, -0.15) is 0 Å². The molecule has 3 heteroatoms. The largest absolute Gasteiger partial charge is 0.369 e. The maximum atomic E-state index is 4.34. The Morgan fingerprint density at radius 2 is 2.20 bits per heavy atom. The normalized spacial score (nSPS) is 16.9. The standard InChI is InChI=1S/C12H17BrN2/c1-9-6-7-14-12(11(9)13)15-8-10-4-2-3-5-10/h6-7,10H,2-5,8H2,1H3,(H,14,15). The number of rotatable bonds is 3. The Balaban J connectivity index is 1.95. The van der Waals surface area contributed by atoms with Gasteiger partial charge in [-0.1, -0.05) is 12.8 Å². The van der Waals surface area contributed by atoms with Gasteiger partial charge in [-0.15, -0.1) is 0 Å². The van der Waals surface area contributed by atoms with E-state index >= 15 is 0 Å². The van der Waals surface area contributed by atoms with Crippen molar-refractivity contribution in [3.05, 3.63) is 22.3 Å². The zero-order valence-electron chi connectivity index (χ0n) is 9.09. The van der Waals surface area contributed by atoms with E-state index in [1.54, 1.807) is 0 Å². The van der Waals surface area contributed by atoms with Crippen LogP contribution in [0.25, 0.3) is 0 Å². The lowest BCUT2D eigenvalue weighted by atomic mass is 10.1.